The number of hydrogen-bond acceptors (Lipinski definition) is 5. The molecule has 1 N–H and O–H groups in total. The van der Waals surface area contributed by atoms with Gasteiger partial charge in [-0.1, -0.05) is 73.6 Å². The van der Waals surface area contributed by atoms with Gasteiger partial charge in [0, 0.05) is 11.4 Å². The highest BCUT2D eigenvalue weighted by molar-refractivity contribution is 7.99. The molecule has 1 aromatic heterocycles. The Balaban J connectivity index is 1.64. The molecular formula is C28H30N4O2S. The number of rotatable bonds is 8. The number of aromatic nitrogens is 3. The lowest BCUT2D eigenvalue weighted by Crippen LogP contribution is -2.17. The summed E-state index contributed by atoms with van der Waals surface area (Å²) < 4.78 is 7.55. The van der Waals surface area contributed by atoms with Gasteiger partial charge in [-0.05, 0) is 55.2 Å². The van der Waals surface area contributed by atoms with Gasteiger partial charge in [0.05, 0.1) is 18.4 Å². The number of carbonyl (C=O) groups is 1. The van der Waals surface area contributed by atoms with Crippen LogP contribution in [0.5, 0.6) is 5.75 Å². The summed E-state index contributed by atoms with van der Waals surface area (Å²) >= 11 is 1.36. The third-order valence-electron chi connectivity index (χ3n) is 5.80. The van der Waals surface area contributed by atoms with Crippen molar-refractivity contribution in [3.63, 3.8) is 0 Å². The number of ether oxygens (including phenoxy) is 1. The van der Waals surface area contributed by atoms with Crippen molar-refractivity contribution in [2.24, 2.45) is 0 Å². The molecule has 180 valence electrons. The predicted octanol–water partition coefficient (Wildman–Crippen LogP) is 6.41. The molecule has 35 heavy (non-hydrogen) atoms. The summed E-state index contributed by atoms with van der Waals surface area (Å²) in [5, 5.41) is 12.7. The number of benzene rings is 3. The first kappa shape index (κ1) is 24.5. The quantitative estimate of drug-likeness (QED) is 0.291. The molecule has 1 amide bonds. The Labute approximate surface area is 210 Å². The highest BCUT2D eigenvalue weighted by atomic mass is 32.2. The van der Waals surface area contributed by atoms with Crippen molar-refractivity contribution in [3.8, 4) is 22.8 Å². The Morgan fingerprint density at radius 3 is 2.46 bits per heavy atom. The van der Waals surface area contributed by atoms with Crippen molar-refractivity contribution < 1.29 is 9.53 Å². The van der Waals surface area contributed by atoms with Crippen molar-refractivity contribution >= 4 is 23.4 Å². The zero-order valence-electron chi connectivity index (χ0n) is 20.7. The second-order valence-corrected chi connectivity index (χ2v) is 9.65. The lowest BCUT2D eigenvalue weighted by Gasteiger charge is -2.16. The maximum Gasteiger partial charge on any atom is 0.234 e. The maximum absolute atomic E-state index is 13.0. The Morgan fingerprint density at radius 1 is 1.00 bits per heavy atom. The third-order valence-corrected chi connectivity index (χ3v) is 6.73. The van der Waals surface area contributed by atoms with Gasteiger partial charge in [-0.2, -0.15) is 0 Å². The molecule has 0 spiro atoms. The van der Waals surface area contributed by atoms with Crippen LogP contribution in [0.15, 0.2) is 71.9 Å². The molecule has 7 heteroatoms. The number of amides is 1. The van der Waals surface area contributed by atoms with Gasteiger partial charge < -0.3 is 10.1 Å². The van der Waals surface area contributed by atoms with E-state index in [0.717, 1.165) is 33.6 Å². The average Bonchev–Trinajstić information content (AvgIpc) is 3.28. The second-order valence-electron chi connectivity index (χ2n) is 8.71. The van der Waals surface area contributed by atoms with E-state index in [2.05, 4.69) is 35.4 Å². The summed E-state index contributed by atoms with van der Waals surface area (Å²) in [7, 11) is 1.64. The average molecular weight is 487 g/mol. The summed E-state index contributed by atoms with van der Waals surface area (Å²) in [5.41, 5.74) is 5.99. The number of hydrogen-bond donors (Lipinski definition) is 1. The Bertz CT molecular complexity index is 1330. The molecule has 0 aliphatic heterocycles. The molecule has 0 unspecified atom stereocenters. The number of aryl methyl sites for hydroxylation is 2. The van der Waals surface area contributed by atoms with Crippen molar-refractivity contribution in [2.75, 3.05) is 18.2 Å². The fourth-order valence-electron chi connectivity index (χ4n) is 3.94. The minimum Gasteiger partial charge on any atom is -0.496 e. The predicted molar refractivity (Wildman–Crippen MR) is 143 cm³/mol. The first-order valence-corrected chi connectivity index (χ1v) is 12.6. The maximum atomic E-state index is 13.0. The largest absolute Gasteiger partial charge is 0.496 e. The van der Waals surface area contributed by atoms with Crippen LogP contribution in [0.1, 0.15) is 36.5 Å². The molecule has 0 radical (unpaired) electrons. The second kappa shape index (κ2) is 10.8. The molecular weight excluding hydrogens is 456 g/mol. The Kier molecular flexibility index (Phi) is 7.56. The van der Waals surface area contributed by atoms with Crippen LogP contribution < -0.4 is 10.1 Å². The van der Waals surface area contributed by atoms with Crippen LogP contribution in [-0.4, -0.2) is 33.5 Å². The van der Waals surface area contributed by atoms with Crippen LogP contribution in [0.2, 0.25) is 0 Å². The molecule has 0 saturated carbocycles. The number of methoxy groups -OCH3 is 1. The smallest absolute Gasteiger partial charge is 0.234 e. The fourth-order valence-corrected chi connectivity index (χ4v) is 4.69. The number of para-hydroxylation sites is 2. The lowest BCUT2D eigenvalue weighted by atomic mass is 9.98. The van der Waals surface area contributed by atoms with Gasteiger partial charge in [-0.25, -0.2) is 0 Å². The standard InChI is InChI=1S/C28H30N4O2S/c1-18(2)22-11-8-9-20(4)26(22)29-25(33)17-35-28-31-30-27(23-10-6-7-12-24(23)34-5)32(28)21-15-13-19(3)14-16-21/h6-16,18H,17H2,1-5H3,(H,29,33). The summed E-state index contributed by atoms with van der Waals surface area (Å²) in [5.74, 6) is 1.81. The molecule has 0 saturated heterocycles. The van der Waals surface area contributed by atoms with Crippen molar-refractivity contribution in [3.05, 3.63) is 83.4 Å². The molecule has 4 rings (SSSR count). The SMILES string of the molecule is COc1ccccc1-c1nnc(SCC(=O)Nc2c(C)cccc2C(C)C)n1-c1ccc(C)cc1. The number of anilines is 1. The fraction of sp³-hybridized carbons (Fsp3) is 0.250. The highest BCUT2D eigenvalue weighted by Crippen LogP contribution is 2.33. The van der Waals surface area contributed by atoms with Crippen LogP contribution in [0, 0.1) is 13.8 Å². The van der Waals surface area contributed by atoms with Gasteiger partial charge in [0.2, 0.25) is 5.91 Å². The lowest BCUT2D eigenvalue weighted by molar-refractivity contribution is -0.113. The van der Waals surface area contributed by atoms with Gasteiger partial charge in [-0.15, -0.1) is 10.2 Å². The van der Waals surface area contributed by atoms with Crippen LogP contribution in [0.25, 0.3) is 17.1 Å². The Morgan fingerprint density at radius 2 is 1.74 bits per heavy atom. The number of thioether (sulfide) groups is 1. The van der Waals surface area contributed by atoms with Crippen LogP contribution >= 0.6 is 11.8 Å². The number of carbonyl (C=O) groups excluding carboxylic acids is 1. The van der Waals surface area contributed by atoms with E-state index in [0.29, 0.717) is 22.6 Å². The molecule has 1 heterocycles. The van der Waals surface area contributed by atoms with Gasteiger partial charge in [0.1, 0.15) is 5.75 Å². The molecule has 4 aromatic rings. The summed E-state index contributed by atoms with van der Waals surface area (Å²) in [6.07, 6.45) is 0. The summed E-state index contributed by atoms with van der Waals surface area (Å²) in [4.78, 5) is 13.0. The number of nitrogens with one attached hydrogen (secondary N) is 1. The van der Waals surface area contributed by atoms with Crippen LogP contribution in [-0.2, 0) is 4.79 Å². The molecule has 0 atom stereocenters. The molecule has 0 bridgehead atoms. The summed E-state index contributed by atoms with van der Waals surface area (Å²) in [6.45, 7) is 8.32. The topological polar surface area (TPSA) is 69.0 Å². The van der Waals surface area contributed by atoms with E-state index in [4.69, 9.17) is 4.74 Å². The normalized spacial score (nSPS) is 11.0. The molecule has 6 nitrogen and oxygen atoms in total. The minimum atomic E-state index is -0.0801. The van der Waals surface area contributed by atoms with Crippen molar-refractivity contribution in [1.29, 1.82) is 0 Å². The van der Waals surface area contributed by atoms with Gasteiger partial charge in [0.15, 0.2) is 11.0 Å². The van der Waals surface area contributed by atoms with E-state index in [9.17, 15) is 4.79 Å². The van der Waals surface area contributed by atoms with E-state index >= 15 is 0 Å². The van der Waals surface area contributed by atoms with Crippen molar-refractivity contribution in [1.82, 2.24) is 14.8 Å². The molecule has 0 fully saturated rings. The van der Waals surface area contributed by atoms with Gasteiger partial charge in [-0.3, -0.25) is 9.36 Å². The van der Waals surface area contributed by atoms with Gasteiger partial charge in [0.25, 0.3) is 0 Å². The zero-order chi connectivity index (χ0) is 24.9. The van der Waals surface area contributed by atoms with E-state index in [1.165, 1.54) is 11.8 Å². The monoisotopic (exact) mass is 486 g/mol. The zero-order valence-corrected chi connectivity index (χ0v) is 21.5. The van der Waals surface area contributed by atoms with Crippen molar-refractivity contribution in [2.45, 2.75) is 38.8 Å². The first-order valence-electron chi connectivity index (χ1n) is 11.6. The Hall–Kier alpha value is -3.58. The van der Waals surface area contributed by atoms with E-state index < -0.39 is 0 Å². The summed E-state index contributed by atoms with van der Waals surface area (Å²) in [6, 6.07) is 22.0. The van der Waals surface area contributed by atoms with Crippen LogP contribution in [0.3, 0.4) is 0 Å². The minimum absolute atomic E-state index is 0.0801. The van der Waals surface area contributed by atoms with Gasteiger partial charge >= 0.3 is 0 Å². The highest BCUT2D eigenvalue weighted by Gasteiger charge is 2.20. The molecule has 0 aliphatic carbocycles. The van der Waals surface area contributed by atoms with E-state index in [-0.39, 0.29) is 11.7 Å². The van der Waals surface area contributed by atoms with E-state index in [1.807, 2.05) is 79.1 Å². The van der Waals surface area contributed by atoms with Crippen LogP contribution in [0.4, 0.5) is 5.69 Å². The number of nitrogens with zero attached hydrogens (tertiary/aromatic N) is 3. The third kappa shape index (κ3) is 5.41. The molecule has 3 aromatic carbocycles. The molecule has 0 aliphatic rings. The van der Waals surface area contributed by atoms with E-state index in [1.54, 1.807) is 7.11 Å². The first-order chi connectivity index (χ1) is 16.9.